The molecule has 1 aromatic rings. The first-order chi connectivity index (χ1) is 10.4. The van der Waals surface area contributed by atoms with Crippen molar-refractivity contribution in [3.63, 3.8) is 0 Å². The van der Waals surface area contributed by atoms with Crippen LogP contribution in [0.2, 0.25) is 0 Å². The van der Waals surface area contributed by atoms with Gasteiger partial charge in [-0.15, -0.1) is 0 Å². The van der Waals surface area contributed by atoms with Crippen LogP contribution in [0, 0.1) is 0 Å². The molecule has 1 atom stereocenters. The van der Waals surface area contributed by atoms with E-state index in [0.29, 0.717) is 13.1 Å². The zero-order valence-electron chi connectivity index (χ0n) is 13.7. The number of hydrogen-bond donors (Lipinski definition) is 1. The molecule has 0 radical (unpaired) electrons. The fourth-order valence-corrected chi connectivity index (χ4v) is 2.58. The van der Waals surface area contributed by atoms with E-state index in [2.05, 4.69) is 17.0 Å². The monoisotopic (exact) mass is 306 g/mol. The van der Waals surface area contributed by atoms with Gasteiger partial charge in [-0.2, -0.15) is 0 Å². The van der Waals surface area contributed by atoms with E-state index in [1.807, 2.05) is 39.0 Å². The summed E-state index contributed by atoms with van der Waals surface area (Å²) in [5.74, 6) is 0. The SMILES string of the molecule is CC(C)(C)OC(=O)N1CCN(Cc2ccccc2)[C@H](CO)C1. The normalized spacial score (nSPS) is 20.0. The maximum absolute atomic E-state index is 12.1. The van der Waals surface area contributed by atoms with E-state index in [9.17, 15) is 9.90 Å². The highest BCUT2D eigenvalue weighted by molar-refractivity contribution is 5.68. The minimum atomic E-state index is -0.493. The Kier molecular flexibility index (Phi) is 5.42. The van der Waals surface area contributed by atoms with Crippen molar-refractivity contribution >= 4 is 6.09 Å². The third-order valence-electron chi connectivity index (χ3n) is 3.70. The Morgan fingerprint density at radius 3 is 2.55 bits per heavy atom. The molecule has 5 heteroatoms. The maximum atomic E-state index is 12.1. The Hall–Kier alpha value is -1.59. The summed E-state index contributed by atoms with van der Waals surface area (Å²) in [4.78, 5) is 16.1. The van der Waals surface area contributed by atoms with Crippen molar-refractivity contribution < 1.29 is 14.6 Å². The van der Waals surface area contributed by atoms with Crippen LogP contribution in [0.15, 0.2) is 30.3 Å². The second kappa shape index (κ2) is 7.11. The van der Waals surface area contributed by atoms with Gasteiger partial charge in [-0.3, -0.25) is 4.90 Å². The predicted molar refractivity (Wildman–Crippen MR) is 85.5 cm³/mol. The summed E-state index contributed by atoms with van der Waals surface area (Å²) in [5, 5.41) is 9.65. The Morgan fingerprint density at radius 2 is 1.95 bits per heavy atom. The highest BCUT2D eigenvalue weighted by Crippen LogP contribution is 2.17. The van der Waals surface area contributed by atoms with Crippen molar-refractivity contribution in [3.8, 4) is 0 Å². The minimum Gasteiger partial charge on any atom is -0.444 e. The number of hydrogen-bond acceptors (Lipinski definition) is 4. The highest BCUT2D eigenvalue weighted by atomic mass is 16.6. The second-order valence-electron chi connectivity index (χ2n) is 6.72. The van der Waals surface area contributed by atoms with Gasteiger partial charge in [0.15, 0.2) is 0 Å². The molecule has 1 amide bonds. The molecular weight excluding hydrogens is 280 g/mol. The lowest BCUT2D eigenvalue weighted by molar-refractivity contribution is -0.00609. The lowest BCUT2D eigenvalue weighted by atomic mass is 10.1. The van der Waals surface area contributed by atoms with E-state index in [4.69, 9.17) is 4.74 Å². The molecule has 0 spiro atoms. The molecule has 5 nitrogen and oxygen atoms in total. The second-order valence-corrected chi connectivity index (χ2v) is 6.72. The summed E-state index contributed by atoms with van der Waals surface area (Å²) in [6, 6.07) is 10.1. The summed E-state index contributed by atoms with van der Waals surface area (Å²) in [5.41, 5.74) is 0.721. The van der Waals surface area contributed by atoms with Crippen molar-refractivity contribution in [1.29, 1.82) is 0 Å². The number of aliphatic hydroxyl groups excluding tert-OH is 1. The van der Waals surface area contributed by atoms with E-state index in [1.165, 1.54) is 5.56 Å². The Labute approximate surface area is 132 Å². The molecule has 0 aliphatic carbocycles. The van der Waals surface area contributed by atoms with Crippen LogP contribution in [0.5, 0.6) is 0 Å². The zero-order chi connectivity index (χ0) is 16.2. The number of benzene rings is 1. The minimum absolute atomic E-state index is 0.0339. The predicted octanol–water partition coefficient (Wildman–Crippen LogP) is 2.10. The first-order valence-corrected chi connectivity index (χ1v) is 7.76. The van der Waals surface area contributed by atoms with Gasteiger partial charge in [0.2, 0.25) is 0 Å². The number of ether oxygens (including phenoxy) is 1. The van der Waals surface area contributed by atoms with E-state index in [0.717, 1.165) is 13.1 Å². The van der Waals surface area contributed by atoms with Crippen LogP contribution >= 0.6 is 0 Å². The first kappa shape index (κ1) is 16.8. The third-order valence-corrected chi connectivity index (χ3v) is 3.70. The van der Waals surface area contributed by atoms with Gasteiger partial charge in [0.1, 0.15) is 5.60 Å². The molecule has 1 saturated heterocycles. The summed E-state index contributed by atoms with van der Waals surface area (Å²) >= 11 is 0. The van der Waals surface area contributed by atoms with E-state index in [-0.39, 0.29) is 18.7 Å². The fraction of sp³-hybridized carbons (Fsp3) is 0.588. The topological polar surface area (TPSA) is 53.0 Å². The molecule has 1 fully saturated rings. The summed E-state index contributed by atoms with van der Waals surface area (Å²) in [6.45, 7) is 8.26. The molecule has 0 unspecified atom stereocenters. The summed E-state index contributed by atoms with van der Waals surface area (Å²) < 4.78 is 5.41. The van der Waals surface area contributed by atoms with Crippen LogP contribution < -0.4 is 0 Å². The average molecular weight is 306 g/mol. The maximum Gasteiger partial charge on any atom is 0.410 e. The smallest absolute Gasteiger partial charge is 0.410 e. The van der Waals surface area contributed by atoms with Gasteiger partial charge in [-0.25, -0.2) is 4.79 Å². The number of amides is 1. The van der Waals surface area contributed by atoms with Gasteiger partial charge in [-0.1, -0.05) is 30.3 Å². The number of carbonyl (C=O) groups excluding carboxylic acids is 1. The lowest BCUT2D eigenvalue weighted by Gasteiger charge is -2.40. The molecule has 0 saturated carbocycles. The summed E-state index contributed by atoms with van der Waals surface area (Å²) in [7, 11) is 0. The van der Waals surface area contributed by atoms with Gasteiger partial charge < -0.3 is 14.7 Å². The molecular formula is C17H26N2O3. The Bertz CT molecular complexity index is 484. The van der Waals surface area contributed by atoms with Gasteiger partial charge in [-0.05, 0) is 26.3 Å². The largest absolute Gasteiger partial charge is 0.444 e. The Morgan fingerprint density at radius 1 is 1.27 bits per heavy atom. The van der Waals surface area contributed by atoms with Crippen LogP contribution in [0.4, 0.5) is 4.79 Å². The average Bonchev–Trinajstić information content (AvgIpc) is 2.47. The summed E-state index contributed by atoms with van der Waals surface area (Å²) in [6.07, 6.45) is -0.301. The molecule has 0 bridgehead atoms. The first-order valence-electron chi connectivity index (χ1n) is 7.76. The van der Waals surface area contributed by atoms with Crippen LogP contribution in [0.3, 0.4) is 0 Å². The number of nitrogens with zero attached hydrogens (tertiary/aromatic N) is 2. The van der Waals surface area contributed by atoms with Gasteiger partial charge in [0.25, 0.3) is 0 Å². The van der Waals surface area contributed by atoms with Gasteiger partial charge >= 0.3 is 6.09 Å². The van der Waals surface area contributed by atoms with Crippen LogP contribution in [0.1, 0.15) is 26.3 Å². The standard InChI is InChI=1S/C17H26N2O3/c1-17(2,3)22-16(21)19-10-9-18(15(12-19)13-20)11-14-7-5-4-6-8-14/h4-8,15,20H,9-13H2,1-3H3/t15-/m0/s1. The zero-order valence-corrected chi connectivity index (χ0v) is 13.7. The van der Waals surface area contributed by atoms with E-state index < -0.39 is 5.60 Å². The number of aliphatic hydroxyl groups is 1. The van der Waals surface area contributed by atoms with Crippen LogP contribution in [0.25, 0.3) is 0 Å². The van der Waals surface area contributed by atoms with E-state index in [1.54, 1.807) is 4.90 Å². The van der Waals surface area contributed by atoms with Crippen molar-refractivity contribution in [2.24, 2.45) is 0 Å². The van der Waals surface area contributed by atoms with Crippen molar-refractivity contribution in [3.05, 3.63) is 35.9 Å². The van der Waals surface area contributed by atoms with Crippen LogP contribution in [-0.4, -0.2) is 58.9 Å². The van der Waals surface area contributed by atoms with E-state index >= 15 is 0 Å². The molecule has 1 aromatic carbocycles. The third kappa shape index (κ3) is 4.71. The quantitative estimate of drug-likeness (QED) is 0.929. The molecule has 22 heavy (non-hydrogen) atoms. The van der Waals surface area contributed by atoms with Crippen molar-refractivity contribution in [2.45, 2.75) is 39.0 Å². The number of carbonyl (C=O) groups is 1. The molecule has 0 aromatic heterocycles. The van der Waals surface area contributed by atoms with Crippen molar-refractivity contribution in [1.82, 2.24) is 9.80 Å². The lowest BCUT2D eigenvalue weighted by Crippen LogP contribution is -2.56. The molecule has 1 heterocycles. The number of piperazine rings is 1. The number of rotatable bonds is 3. The van der Waals surface area contributed by atoms with Gasteiger partial charge in [0, 0.05) is 26.2 Å². The molecule has 1 aliphatic heterocycles. The van der Waals surface area contributed by atoms with Crippen LogP contribution in [-0.2, 0) is 11.3 Å². The Balaban J connectivity index is 1.95. The molecule has 2 rings (SSSR count). The highest BCUT2D eigenvalue weighted by Gasteiger charge is 2.31. The molecule has 1 N–H and O–H groups in total. The fourth-order valence-electron chi connectivity index (χ4n) is 2.58. The molecule has 122 valence electrons. The van der Waals surface area contributed by atoms with Gasteiger partial charge in [0.05, 0.1) is 12.6 Å². The van der Waals surface area contributed by atoms with Crippen molar-refractivity contribution in [2.75, 3.05) is 26.2 Å². The molecule has 1 aliphatic rings.